The average molecular weight is 378 g/mol. The number of nitrogens with one attached hydrogen (secondary N) is 3. The lowest BCUT2D eigenvalue weighted by Crippen LogP contribution is -2.18. The van der Waals surface area contributed by atoms with Crippen LogP contribution in [0.15, 0.2) is 36.4 Å². The maximum absolute atomic E-state index is 14.8. The molecule has 2 aromatic carbocycles. The van der Waals surface area contributed by atoms with Crippen LogP contribution in [0.4, 0.5) is 15.8 Å². The van der Waals surface area contributed by atoms with Gasteiger partial charge in [-0.2, -0.15) is 0 Å². The van der Waals surface area contributed by atoms with E-state index in [0.717, 1.165) is 12.8 Å². The number of halogens is 1. The monoisotopic (exact) mass is 378 g/mol. The standard InChI is InChI=1S/C22H23FN4O/c1-26-21(9-8-14-6-7-14)17-12-18(23)15(11-22(17)27-13-28)10-20(25)16-4-2-3-5-19(16)24/h2-5,11-14,21,25-26H,6-7,10,24H2,1H3,(H,27,28). The van der Waals surface area contributed by atoms with E-state index in [1.165, 1.54) is 6.07 Å². The Morgan fingerprint density at radius 2 is 2.14 bits per heavy atom. The van der Waals surface area contributed by atoms with E-state index >= 15 is 0 Å². The number of hydrogen-bond acceptors (Lipinski definition) is 4. The minimum absolute atomic E-state index is 0.0613. The van der Waals surface area contributed by atoms with Crippen molar-refractivity contribution in [3.05, 3.63) is 58.9 Å². The van der Waals surface area contributed by atoms with E-state index in [-0.39, 0.29) is 12.1 Å². The smallest absolute Gasteiger partial charge is 0.211 e. The Morgan fingerprint density at radius 3 is 2.79 bits per heavy atom. The van der Waals surface area contributed by atoms with Crippen molar-refractivity contribution in [1.29, 1.82) is 5.41 Å². The molecule has 1 unspecified atom stereocenters. The number of nitrogens with two attached hydrogens (primary N) is 1. The molecule has 0 aliphatic heterocycles. The van der Waals surface area contributed by atoms with Crippen molar-refractivity contribution >= 4 is 23.5 Å². The van der Waals surface area contributed by atoms with Crippen LogP contribution in [-0.2, 0) is 11.2 Å². The number of nitrogen functional groups attached to an aromatic ring is 1. The van der Waals surface area contributed by atoms with Crippen LogP contribution < -0.4 is 16.4 Å². The molecule has 0 spiro atoms. The number of carbonyl (C=O) groups is 1. The van der Waals surface area contributed by atoms with Crippen LogP contribution in [0.1, 0.15) is 35.6 Å². The SMILES string of the molecule is CNC(C#CC1CC1)c1cc(F)c(CC(=N)c2ccccc2N)cc1NC=O. The van der Waals surface area contributed by atoms with Crippen molar-refractivity contribution in [2.45, 2.75) is 25.3 Å². The number of anilines is 2. The quantitative estimate of drug-likeness (QED) is 0.258. The van der Waals surface area contributed by atoms with Crippen molar-refractivity contribution in [1.82, 2.24) is 5.32 Å². The van der Waals surface area contributed by atoms with Crippen LogP contribution >= 0.6 is 0 Å². The molecule has 5 N–H and O–H groups in total. The topological polar surface area (TPSA) is 91.0 Å². The summed E-state index contributed by atoms with van der Waals surface area (Å²) in [7, 11) is 1.75. The Morgan fingerprint density at radius 1 is 1.39 bits per heavy atom. The van der Waals surface area contributed by atoms with Crippen LogP contribution in [0.2, 0.25) is 0 Å². The van der Waals surface area contributed by atoms with Gasteiger partial charge >= 0.3 is 0 Å². The fourth-order valence-corrected chi connectivity index (χ4v) is 2.99. The minimum Gasteiger partial charge on any atom is -0.398 e. The van der Waals surface area contributed by atoms with Crippen LogP contribution in [-0.4, -0.2) is 19.2 Å². The lowest BCUT2D eigenvalue weighted by molar-refractivity contribution is -0.105. The molecule has 144 valence electrons. The molecule has 0 aromatic heterocycles. The van der Waals surface area contributed by atoms with Crippen LogP contribution in [0.5, 0.6) is 0 Å². The lowest BCUT2D eigenvalue weighted by Gasteiger charge is -2.17. The Balaban J connectivity index is 1.92. The summed E-state index contributed by atoms with van der Waals surface area (Å²) in [6.07, 6.45) is 2.82. The van der Waals surface area contributed by atoms with Crippen molar-refractivity contribution in [3.63, 3.8) is 0 Å². The van der Waals surface area contributed by atoms with Gasteiger partial charge in [0.1, 0.15) is 5.82 Å². The summed E-state index contributed by atoms with van der Waals surface area (Å²) in [5, 5.41) is 14.0. The Kier molecular flexibility index (Phi) is 6.07. The number of para-hydroxylation sites is 1. The molecule has 0 bridgehead atoms. The summed E-state index contributed by atoms with van der Waals surface area (Å²) in [6.45, 7) is 0. The second-order valence-corrected chi connectivity index (χ2v) is 6.82. The van der Waals surface area contributed by atoms with Gasteiger partial charge in [-0.3, -0.25) is 4.79 Å². The number of benzene rings is 2. The summed E-state index contributed by atoms with van der Waals surface area (Å²) in [6, 6.07) is 9.57. The van der Waals surface area contributed by atoms with Gasteiger partial charge in [-0.1, -0.05) is 30.0 Å². The zero-order chi connectivity index (χ0) is 20.1. The molecule has 3 rings (SSSR count). The van der Waals surface area contributed by atoms with E-state index in [1.807, 2.05) is 0 Å². The number of amides is 1. The van der Waals surface area contributed by atoms with Crippen LogP contribution in [0.25, 0.3) is 0 Å². The van der Waals surface area contributed by atoms with E-state index in [1.54, 1.807) is 37.4 Å². The fraction of sp³-hybridized carbons (Fsp3) is 0.273. The maximum Gasteiger partial charge on any atom is 0.211 e. The molecule has 5 nitrogen and oxygen atoms in total. The molecule has 1 amide bonds. The zero-order valence-electron chi connectivity index (χ0n) is 15.7. The molecule has 0 heterocycles. The first-order valence-electron chi connectivity index (χ1n) is 9.16. The molecular weight excluding hydrogens is 355 g/mol. The normalized spacial score (nSPS) is 13.9. The zero-order valence-corrected chi connectivity index (χ0v) is 15.7. The van der Waals surface area contributed by atoms with Gasteiger partial charge in [0.2, 0.25) is 6.41 Å². The van der Waals surface area contributed by atoms with Gasteiger partial charge in [-0.15, -0.1) is 0 Å². The highest BCUT2D eigenvalue weighted by Gasteiger charge is 2.20. The van der Waals surface area contributed by atoms with Gasteiger partial charge < -0.3 is 21.8 Å². The summed E-state index contributed by atoms with van der Waals surface area (Å²) in [5.41, 5.74) is 8.52. The average Bonchev–Trinajstić information content (AvgIpc) is 3.50. The molecular formula is C22H23FN4O. The van der Waals surface area contributed by atoms with E-state index in [9.17, 15) is 9.18 Å². The van der Waals surface area contributed by atoms with Crippen molar-refractivity contribution < 1.29 is 9.18 Å². The highest BCUT2D eigenvalue weighted by Crippen LogP contribution is 2.30. The highest BCUT2D eigenvalue weighted by molar-refractivity contribution is 6.03. The maximum atomic E-state index is 14.8. The summed E-state index contributed by atoms with van der Waals surface area (Å²) in [4.78, 5) is 11.1. The number of rotatable bonds is 7. The molecule has 28 heavy (non-hydrogen) atoms. The van der Waals surface area contributed by atoms with Gasteiger partial charge in [-0.25, -0.2) is 4.39 Å². The van der Waals surface area contributed by atoms with Gasteiger partial charge in [0.15, 0.2) is 0 Å². The highest BCUT2D eigenvalue weighted by atomic mass is 19.1. The van der Waals surface area contributed by atoms with Crippen molar-refractivity contribution in [3.8, 4) is 11.8 Å². The third-order valence-electron chi connectivity index (χ3n) is 4.69. The molecule has 1 atom stereocenters. The first-order chi connectivity index (χ1) is 13.5. The summed E-state index contributed by atoms with van der Waals surface area (Å²) < 4.78 is 14.8. The largest absolute Gasteiger partial charge is 0.398 e. The summed E-state index contributed by atoms with van der Waals surface area (Å²) >= 11 is 0. The second-order valence-electron chi connectivity index (χ2n) is 6.82. The fourth-order valence-electron chi connectivity index (χ4n) is 2.99. The Labute approximate surface area is 164 Å². The van der Waals surface area contributed by atoms with Gasteiger partial charge in [0, 0.05) is 40.6 Å². The Hall–Kier alpha value is -3.17. The van der Waals surface area contributed by atoms with E-state index in [0.29, 0.717) is 40.4 Å². The number of hydrogen-bond donors (Lipinski definition) is 4. The third-order valence-corrected chi connectivity index (χ3v) is 4.69. The minimum atomic E-state index is -0.445. The van der Waals surface area contributed by atoms with Gasteiger partial charge in [0.25, 0.3) is 0 Å². The number of carbonyl (C=O) groups excluding carboxylic acids is 1. The molecule has 6 heteroatoms. The van der Waals surface area contributed by atoms with E-state index < -0.39 is 11.9 Å². The van der Waals surface area contributed by atoms with Crippen LogP contribution in [0.3, 0.4) is 0 Å². The predicted octanol–water partition coefficient (Wildman–Crippen LogP) is 3.26. The first kappa shape index (κ1) is 19.6. The van der Waals surface area contributed by atoms with Crippen molar-refractivity contribution in [2.75, 3.05) is 18.1 Å². The second kappa shape index (κ2) is 8.68. The lowest BCUT2D eigenvalue weighted by atomic mass is 9.96. The molecule has 1 saturated carbocycles. The van der Waals surface area contributed by atoms with Gasteiger partial charge in [-0.05, 0) is 43.7 Å². The molecule has 1 aliphatic rings. The molecule has 0 radical (unpaired) electrons. The third kappa shape index (κ3) is 4.56. The molecule has 1 fully saturated rings. The predicted molar refractivity (Wildman–Crippen MR) is 110 cm³/mol. The molecule has 1 aliphatic carbocycles. The van der Waals surface area contributed by atoms with E-state index in [2.05, 4.69) is 22.5 Å². The van der Waals surface area contributed by atoms with Gasteiger partial charge in [0.05, 0.1) is 6.04 Å². The molecule has 2 aromatic rings. The summed E-state index contributed by atoms with van der Waals surface area (Å²) in [5.74, 6) is 6.27. The first-order valence-corrected chi connectivity index (χ1v) is 9.16. The molecule has 0 saturated heterocycles. The van der Waals surface area contributed by atoms with Crippen LogP contribution in [0, 0.1) is 29.0 Å². The Bertz CT molecular complexity index is 957. The van der Waals surface area contributed by atoms with E-state index in [4.69, 9.17) is 11.1 Å². The van der Waals surface area contributed by atoms with Crippen molar-refractivity contribution in [2.24, 2.45) is 5.92 Å².